The smallest absolute Gasteiger partial charge is 0.135 e. The van der Waals surface area contributed by atoms with E-state index in [1.165, 1.54) is 0 Å². The Labute approximate surface area is 101 Å². The van der Waals surface area contributed by atoms with Gasteiger partial charge in [0.15, 0.2) is 0 Å². The second-order valence-corrected chi connectivity index (χ2v) is 4.89. The molecule has 17 heavy (non-hydrogen) atoms. The molecule has 0 radical (unpaired) electrons. The second kappa shape index (κ2) is 4.40. The van der Waals surface area contributed by atoms with Crippen molar-refractivity contribution in [1.82, 2.24) is 9.55 Å². The van der Waals surface area contributed by atoms with Gasteiger partial charge in [0.2, 0.25) is 0 Å². The summed E-state index contributed by atoms with van der Waals surface area (Å²) < 4.78 is 13.1. The molecule has 0 aromatic carbocycles. The Morgan fingerprint density at radius 1 is 1.29 bits per heavy atom. The number of rotatable bonds is 2. The summed E-state index contributed by atoms with van der Waals surface area (Å²) in [5.74, 6) is 1.03. The molecule has 1 aromatic heterocycles. The van der Waals surface area contributed by atoms with Crippen molar-refractivity contribution in [2.45, 2.75) is 31.4 Å². The van der Waals surface area contributed by atoms with Crippen LogP contribution in [0.25, 0.3) is 0 Å². The van der Waals surface area contributed by atoms with E-state index in [4.69, 9.17) is 20.2 Å². The molecule has 0 unspecified atom stereocenters. The van der Waals surface area contributed by atoms with E-state index in [0.29, 0.717) is 13.2 Å². The van der Waals surface area contributed by atoms with E-state index in [1.807, 2.05) is 0 Å². The van der Waals surface area contributed by atoms with Crippen molar-refractivity contribution in [2.24, 2.45) is 5.73 Å². The normalized spacial score (nSPS) is 23.4. The molecule has 0 atom stereocenters. The van der Waals surface area contributed by atoms with Gasteiger partial charge < -0.3 is 19.8 Å². The maximum atomic E-state index is 5.99. The zero-order valence-electron chi connectivity index (χ0n) is 10.0. The van der Waals surface area contributed by atoms with Crippen molar-refractivity contribution in [2.75, 3.05) is 26.4 Å². The third-order valence-corrected chi connectivity index (χ3v) is 3.95. The van der Waals surface area contributed by atoms with Crippen LogP contribution in [0.5, 0.6) is 0 Å². The monoisotopic (exact) mass is 237 g/mol. The van der Waals surface area contributed by atoms with Gasteiger partial charge in [0.05, 0.1) is 12.3 Å². The molecule has 1 fully saturated rings. The van der Waals surface area contributed by atoms with Crippen molar-refractivity contribution < 1.29 is 9.47 Å². The average Bonchev–Trinajstić information content (AvgIpc) is 2.84. The highest BCUT2D eigenvalue weighted by atomic mass is 16.5. The van der Waals surface area contributed by atoms with Crippen LogP contribution < -0.4 is 5.73 Å². The molecule has 1 aromatic rings. The Kier molecular flexibility index (Phi) is 2.90. The van der Waals surface area contributed by atoms with Gasteiger partial charge in [-0.25, -0.2) is 4.98 Å². The van der Waals surface area contributed by atoms with E-state index in [0.717, 1.165) is 50.7 Å². The fraction of sp³-hybridized carbons (Fsp3) is 0.750. The van der Waals surface area contributed by atoms with Crippen molar-refractivity contribution in [3.8, 4) is 0 Å². The van der Waals surface area contributed by atoms with E-state index in [9.17, 15) is 0 Å². The van der Waals surface area contributed by atoms with Crippen LogP contribution in [-0.4, -0.2) is 35.9 Å². The molecular formula is C12H19N3O2. The first-order chi connectivity index (χ1) is 8.34. The number of nitrogens with two attached hydrogens (primary N) is 1. The molecule has 3 rings (SSSR count). The maximum absolute atomic E-state index is 5.99. The fourth-order valence-electron chi connectivity index (χ4n) is 2.67. The SMILES string of the molecule is NCC1(c2cn3c(n2)COCC3)CCOCC1. The maximum Gasteiger partial charge on any atom is 0.135 e. The fourth-order valence-corrected chi connectivity index (χ4v) is 2.67. The van der Waals surface area contributed by atoms with E-state index < -0.39 is 0 Å². The Morgan fingerprint density at radius 2 is 2.12 bits per heavy atom. The molecule has 0 bridgehead atoms. The summed E-state index contributed by atoms with van der Waals surface area (Å²) in [4.78, 5) is 4.72. The second-order valence-electron chi connectivity index (χ2n) is 4.89. The lowest BCUT2D eigenvalue weighted by molar-refractivity contribution is 0.0515. The lowest BCUT2D eigenvalue weighted by Gasteiger charge is -2.34. The summed E-state index contributed by atoms with van der Waals surface area (Å²) in [6, 6.07) is 0. The molecule has 5 heteroatoms. The molecule has 0 spiro atoms. The molecule has 5 nitrogen and oxygen atoms in total. The minimum absolute atomic E-state index is 0.0165. The van der Waals surface area contributed by atoms with Crippen molar-refractivity contribution in [3.63, 3.8) is 0 Å². The Hall–Kier alpha value is -0.910. The predicted octanol–water partition coefficient (Wildman–Crippen LogP) is 0.420. The number of imidazole rings is 1. The van der Waals surface area contributed by atoms with E-state index >= 15 is 0 Å². The summed E-state index contributed by atoms with van der Waals surface area (Å²) >= 11 is 0. The number of ether oxygens (including phenoxy) is 2. The van der Waals surface area contributed by atoms with Gasteiger partial charge in [-0.15, -0.1) is 0 Å². The topological polar surface area (TPSA) is 62.3 Å². The van der Waals surface area contributed by atoms with E-state index in [-0.39, 0.29) is 5.41 Å². The summed E-state index contributed by atoms with van der Waals surface area (Å²) in [5.41, 5.74) is 7.14. The van der Waals surface area contributed by atoms with Crippen LogP contribution in [0, 0.1) is 0 Å². The number of hydrogen-bond acceptors (Lipinski definition) is 4. The quantitative estimate of drug-likeness (QED) is 0.809. The van der Waals surface area contributed by atoms with Crippen LogP contribution in [0.1, 0.15) is 24.4 Å². The standard InChI is InChI=1S/C12H19N3O2/c13-9-12(1-4-16-5-2-12)10-7-15-3-6-17-8-11(15)14-10/h7H,1-6,8-9,13H2. The third kappa shape index (κ3) is 1.88. The summed E-state index contributed by atoms with van der Waals surface area (Å²) in [5, 5.41) is 0. The molecule has 2 N–H and O–H groups in total. The van der Waals surface area contributed by atoms with Gasteiger partial charge in [0, 0.05) is 37.9 Å². The molecule has 3 heterocycles. The predicted molar refractivity (Wildman–Crippen MR) is 62.7 cm³/mol. The highest BCUT2D eigenvalue weighted by molar-refractivity contribution is 5.19. The van der Waals surface area contributed by atoms with Crippen LogP contribution in [0.4, 0.5) is 0 Å². The first-order valence-corrected chi connectivity index (χ1v) is 6.26. The highest BCUT2D eigenvalue weighted by Crippen LogP contribution is 2.33. The lowest BCUT2D eigenvalue weighted by atomic mass is 9.78. The zero-order valence-corrected chi connectivity index (χ0v) is 10.0. The van der Waals surface area contributed by atoms with Gasteiger partial charge in [-0.3, -0.25) is 0 Å². The molecule has 0 aliphatic carbocycles. The van der Waals surface area contributed by atoms with Gasteiger partial charge >= 0.3 is 0 Å². The van der Waals surface area contributed by atoms with Crippen LogP contribution in [0.2, 0.25) is 0 Å². The van der Waals surface area contributed by atoms with E-state index in [2.05, 4.69) is 10.8 Å². The average molecular weight is 237 g/mol. The number of nitrogens with zero attached hydrogens (tertiary/aromatic N) is 2. The Bertz CT molecular complexity index is 373. The molecule has 2 aliphatic heterocycles. The minimum atomic E-state index is 0.0165. The number of hydrogen-bond donors (Lipinski definition) is 1. The summed E-state index contributed by atoms with van der Waals surface area (Å²) in [6.45, 7) is 4.53. The van der Waals surface area contributed by atoms with Gasteiger partial charge in [-0.1, -0.05) is 0 Å². The molecule has 2 aliphatic rings. The van der Waals surface area contributed by atoms with Crippen LogP contribution in [0.3, 0.4) is 0 Å². The van der Waals surface area contributed by atoms with Crippen molar-refractivity contribution in [1.29, 1.82) is 0 Å². The van der Waals surface area contributed by atoms with Crippen molar-refractivity contribution >= 4 is 0 Å². The lowest BCUT2D eigenvalue weighted by Crippen LogP contribution is -2.41. The van der Waals surface area contributed by atoms with Crippen LogP contribution >= 0.6 is 0 Å². The summed E-state index contributed by atoms with van der Waals surface area (Å²) in [7, 11) is 0. The van der Waals surface area contributed by atoms with Gasteiger partial charge in [-0.05, 0) is 12.8 Å². The number of fused-ring (bicyclic) bond motifs is 1. The zero-order chi connectivity index (χ0) is 11.7. The Morgan fingerprint density at radius 3 is 2.82 bits per heavy atom. The Balaban J connectivity index is 1.93. The molecule has 1 saturated heterocycles. The highest BCUT2D eigenvalue weighted by Gasteiger charge is 2.36. The van der Waals surface area contributed by atoms with Crippen LogP contribution in [-0.2, 0) is 28.0 Å². The number of aromatic nitrogens is 2. The molecule has 94 valence electrons. The van der Waals surface area contributed by atoms with E-state index in [1.54, 1.807) is 0 Å². The third-order valence-electron chi connectivity index (χ3n) is 3.95. The first-order valence-electron chi connectivity index (χ1n) is 6.26. The minimum Gasteiger partial charge on any atom is -0.381 e. The van der Waals surface area contributed by atoms with Crippen molar-refractivity contribution in [3.05, 3.63) is 17.7 Å². The molecule has 0 saturated carbocycles. The van der Waals surface area contributed by atoms with Gasteiger partial charge in [0.25, 0.3) is 0 Å². The van der Waals surface area contributed by atoms with Gasteiger partial charge in [0.1, 0.15) is 12.4 Å². The molecular weight excluding hydrogens is 218 g/mol. The first kappa shape index (κ1) is 11.2. The van der Waals surface area contributed by atoms with Crippen LogP contribution in [0.15, 0.2) is 6.20 Å². The molecule has 0 amide bonds. The van der Waals surface area contributed by atoms with Gasteiger partial charge in [-0.2, -0.15) is 0 Å². The largest absolute Gasteiger partial charge is 0.381 e. The summed E-state index contributed by atoms with van der Waals surface area (Å²) in [6.07, 6.45) is 4.11.